The summed E-state index contributed by atoms with van der Waals surface area (Å²) in [5.74, 6) is -2.07. The van der Waals surface area contributed by atoms with Gasteiger partial charge in [-0.1, -0.05) is 60.7 Å². The van der Waals surface area contributed by atoms with Crippen molar-refractivity contribution in [2.24, 2.45) is 4.13 Å². The molecule has 2 aromatic rings. The Kier molecular flexibility index (Phi) is 13.7. The van der Waals surface area contributed by atoms with Crippen molar-refractivity contribution in [1.82, 2.24) is 5.32 Å². The topological polar surface area (TPSA) is 130 Å². The Labute approximate surface area is 250 Å². The summed E-state index contributed by atoms with van der Waals surface area (Å²) in [4.78, 5) is 24.7. The molecule has 2 aromatic carbocycles. The van der Waals surface area contributed by atoms with Crippen LogP contribution in [0.1, 0.15) is 51.2 Å². The fourth-order valence-electron chi connectivity index (χ4n) is 3.55. The number of alkyl carbamates (subject to hydrolysis) is 1. The maximum atomic E-state index is 14.1. The number of esters is 1. The highest BCUT2D eigenvalue weighted by atomic mass is 32.2. The molecule has 0 aliphatic heterocycles. The van der Waals surface area contributed by atoms with Crippen LogP contribution in [-0.2, 0) is 50.8 Å². The van der Waals surface area contributed by atoms with E-state index in [9.17, 15) is 31.5 Å². The van der Waals surface area contributed by atoms with Crippen LogP contribution in [0.25, 0.3) is 0 Å². The number of ether oxygens (including phenoxy) is 2. The number of hydrogen-bond donors (Lipinski definition) is 1. The molecular formula is C28H38F3N2O8PS. The highest BCUT2D eigenvalue weighted by Crippen LogP contribution is 2.53. The van der Waals surface area contributed by atoms with Gasteiger partial charge in [0.2, 0.25) is 0 Å². The molecule has 0 fully saturated rings. The highest BCUT2D eigenvalue weighted by molar-refractivity contribution is 7.96. The summed E-state index contributed by atoms with van der Waals surface area (Å²) < 4.78 is 91.9. The first-order chi connectivity index (χ1) is 20.0. The summed E-state index contributed by atoms with van der Waals surface area (Å²) in [6, 6.07) is 15.8. The van der Waals surface area contributed by atoms with Crippen molar-refractivity contribution in [3.8, 4) is 0 Å². The van der Waals surface area contributed by atoms with Gasteiger partial charge in [0.25, 0.3) is 0 Å². The van der Waals surface area contributed by atoms with Crippen LogP contribution in [0.15, 0.2) is 64.8 Å². The van der Waals surface area contributed by atoms with Crippen LogP contribution < -0.4 is 5.32 Å². The molecule has 0 aliphatic rings. The smallest absolute Gasteiger partial charge is 0.462 e. The molecule has 2 atom stereocenters. The number of rotatable bonds is 15. The quantitative estimate of drug-likeness (QED) is 0.165. The zero-order valence-electron chi connectivity index (χ0n) is 24.5. The second kappa shape index (κ2) is 16.2. The van der Waals surface area contributed by atoms with Crippen molar-refractivity contribution in [2.75, 3.05) is 18.6 Å². The van der Waals surface area contributed by atoms with Gasteiger partial charge in [-0.05, 0) is 44.7 Å². The number of hydrogen-bond acceptors (Lipinski definition) is 8. The predicted molar refractivity (Wildman–Crippen MR) is 155 cm³/mol. The van der Waals surface area contributed by atoms with Crippen molar-refractivity contribution in [3.05, 3.63) is 71.8 Å². The summed E-state index contributed by atoms with van der Waals surface area (Å²) in [7, 11) is -7.26. The third kappa shape index (κ3) is 14.9. The van der Waals surface area contributed by atoms with Crippen LogP contribution in [0.4, 0.5) is 18.0 Å². The second-order valence-electron chi connectivity index (χ2n) is 10.5. The Morgan fingerprint density at radius 3 is 1.88 bits per heavy atom. The van der Waals surface area contributed by atoms with Crippen molar-refractivity contribution in [2.45, 2.75) is 71.1 Å². The molecule has 0 radical (unpaired) electrons. The first kappa shape index (κ1) is 36.3. The maximum absolute atomic E-state index is 14.1. The van der Waals surface area contributed by atoms with E-state index in [-0.39, 0.29) is 19.6 Å². The molecule has 0 heterocycles. The van der Waals surface area contributed by atoms with Gasteiger partial charge >= 0.3 is 26.0 Å². The van der Waals surface area contributed by atoms with Gasteiger partial charge in [-0.3, -0.25) is 9.05 Å². The van der Waals surface area contributed by atoms with E-state index in [0.717, 1.165) is 7.11 Å². The summed E-state index contributed by atoms with van der Waals surface area (Å²) in [5, 5.41) is 2.32. The molecular weight excluding hydrogens is 612 g/mol. The average Bonchev–Trinajstić information content (AvgIpc) is 2.92. The lowest BCUT2D eigenvalue weighted by Gasteiger charge is -2.23. The Morgan fingerprint density at radius 1 is 0.930 bits per heavy atom. The lowest BCUT2D eigenvalue weighted by Crippen LogP contribution is -2.45. The Morgan fingerprint density at radius 2 is 1.44 bits per heavy atom. The monoisotopic (exact) mass is 650 g/mol. The van der Waals surface area contributed by atoms with Crippen molar-refractivity contribution < 1.29 is 50.1 Å². The van der Waals surface area contributed by atoms with E-state index in [4.69, 9.17) is 18.5 Å². The number of halogens is 3. The van der Waals surface area contributed by atoms with Gasteiger partial charge in [-0.15, -0.1) is 4.13 Å². The van der Waals surface area contributed by atoms with E-state index in [2.05, 4.69) is 9.45 Å². The minimum atomic E-state index is -4.56. The van der Waals surface area contributed by atoms with E-state index in [1.165, 1.54) is 0 Å². The van der Waals surface area contributed by atoms with Crippen molar-refractivity contribution >= 4 is 29.5 Å². The van der Waals surface area contributed by atoms with Crippen LogP contribution in [0.2, 0.25) is 0 Å². The van der Waals surface area contributed by atoms with Gasteiger partial charge in [0.1, 0.15) is 11.6 Å². The molecule has 15 heteroatoms. The lowest BCUT2D eigenvalue weighted by atomic mass is 10.2. The van der Waals surface area contributed by atoms with Gasteiger partial charge in [-0.2, -0.15) is 13.2 Å². The molecule has 0 aliphatic carbocycles. The minimum Gasteiger partial charge on any atom is -0.467 e. The molecule has 43 heavy (non-hydrogen) atoms. The first-order valence-electron chi connectivity index (χ1n) is 13.4. The van der Waals surface area contributed by atoms with Crippen LogP contribution in [0, 0.1) is 0 Å². The number of nitrogens with one attached hydrogen (secondary N) is 1. The van der Waals surface area contributed by atoms with Crippen LogP contribution in [0.5, 0.6) is 0 Å². The molecule has 1 amide bonds. The number of nitrogens with zero attached hydrogens (tertiary/aromatic N) is 1. The van der Waals surface area contributed by atoms with E-state index in [0.29, 0.717) is 11.1 Å². The Balaban J connectivity index is 2.41. The predicted octanol–water partition coefficient (Wildman–Crippen LogP) is 6.80. The molecule has 0 spiro atoms. The largest absolute Gasteiger partial charge is 0.467 e. The van der Waals surface area contributed by atoms with Gasteiger partial charge in [-0.25, -0.2) is 18.4 Å². The fraction of sp³-hybridized carbons (Fsp3) is 0.500. The number of carbonyl (C=O) groups excluding carboxylic acids is 2. The summed E-state index contributed by atoms with van der Waals surface area (Å²) in [5.41, 5.74) is 0.290. The van der Waals surface area contributed by atoms with Crippen LogP contribution in [-0.4, -0.2) is 52.7 Å². The van der Waals surface area contributed by atoms with Crippen LogP contribution >= 0.6 is 7.75 Å². The zero-order valence-corrected chi connectivity index (χ0v) is 26.2. The number of carbonyl (C=O) groups is 2. The molecule has 2 rings (SSSR count). The normalized spacial score (nSPS) is 14.3. The van der Waals surface area contributed by atoms with Crippen LogP contribution in [0.3, 0.4) is 0 Å². The number of alkyl halides is 3. The molecule has 0 aromatic heterocycles. The number of methoxy groups -OCH3 is 1. The third-order valence-electron chi connectivity index (χ3n) is 5.55. The Bertz CT molecular complexity index is 1300. The van der Waals surface area contributed by atoms with E-state index >= 15 is 0 Å². The molecule has 0 saturated heterocycles. The van der Waals surface area contributed by atoms with Crippen molar-refractivity contribution in [1.29, 1.82) is 0 Å². The SMILES string of the molecule is COC(=O)[C@H](CC[S@@](=O)(CCCC(F)(F)F)=NP(=O)(OCc1ccccc1)OCc1ccccc1)NC(=O)OC(C)(C)C. The molecule has 0 saturated carbocycles. The zero-order chi connectivity index (χ0) is 32.2. The van der Waals surface area contributed by atoms with Gasteiger partial charge in [0.15, 0.2) is 0 Å². The average molecular weight is 651 g/mol. The van der Waals surface area contributed by atoms with E-state index in [1.807, 2.05) is 0 Å². The maximum Gasteiger partial charge on any atom is 0.462 e. The third-order valence-corrected chi connectivity index (χ3v) is 10.3. The molecule has 0 unspecified atom stereocenters. The van der Waals surface area contributed by atoms with E-state index in [1.54, 1.807) is 81.4 Å². The minimum absolute atomic E-state index is 0.251. The van der Waals surface area contributed by atoms with Gasteiger partial charge < -0.3 is 14.8 Å². The summed E-state index contributed by atoms with van der Waals surface area (Å²) in [6.07, 6.45) is -7.75. The Hall–Kier alpha value is -2.93. The first-order valence-corrected chi connectivity index (χ1v) is 16.7. The summed E-state index contributed by atoms with van der Waals surface area (Å²) >= 11 is 0. The molecule has 0 bridgehead atoms. The van der Waals surface area contributed by atoms with Crippen molar-refractivity contribution in [3.63, 3.8) is 0 Å². The standard InChI is InChI=1S/C28H38F3N2O8PS/c1-27(2,3)41-26(35)32-24(25(34)38-4)16-19-43(37,18-11-17-28(29,30)31)33-42(36,39-20-22-12-7-5-8-13-22)40-21-23-14-9-6-10-15-23/h5-10,12-15,24H,11,16-21H2,1-4H3,(H,32,35)/t24-,43-/m0/s1. The van der Waals surface area contributed by atoms with E-state index < -0.39 is 71.7 Å². The second-order valence-corrected chi connectivity index (χ2v) is 14.9. The summed E-state index contributed by atoms with van der Waals surface area (Å²) in [6.45, 7) is 4.32. The highest BCUT2D eigenvalue weighted by Gasteiger charge is 2.33. The van der Waals surface area contributed by atoms with Gasteiger partial charge in [0, 0.05) is 17.9 Å². The molecule has 1 N–H and O–H groups in total. The molecule has 10 nitrogen and oxygen atoms in total. The lowest BCUT2D eigenvalue weighted by molar-refractivity contribution is -0.143. The fourth-order valence-corrected chi connectivity index (χ4v) is 8.14. The number of benzene rings is 2. The molecule has 240 valence electrons. The number of amides is 1. The van der Waals surface area contributed by atoms with Gasteiger partial charge in [0.05, 0.1) is 30.1 Å².